The lowest BCUT2D eigenvalue weighted by molar-refractivity contribution is 0.0697. The van der Waals surface area contributed by atoms with E-state index in [2.05, 4.69) is 12.1 Å². The van der Waals surface area contributed by atoms with E-state index in [1.54, 1.807) is 6.07 Å². The fourth-order valence-corrected chi connectivity index (χ4v) is 3.58. The van der Waals surface area contributed by atoms with E-state index in [-0.39, 0.29) is 17.6 Å². The molecule has 0 unspecified atom stereocenters. The van der Waals surface area contributed by atoms with Gasteiger partial charge in [0.25, 0.3) is 11.8 Å². The lowest BCUT2D eigenvalue weighted by Gasteiger charge is -2.23. The Morgan fingerprint density at radius 2 is 2.17 bits per heavy atom. The second-order valence-electron chi connectivity index (χ2n) is 6.44. The van der Waals surface area contributed by atoms with Gasteiger partial charge in [-0.3, -0.25) is 9.59 Å². The summed E-state index contributed by atoms with van der Waals surface area (Å²) < 4.78 is 5.17. The number of benzene rings is 1. The zero-order chi connectivity index (χ0) is 17.0. The molecule has 6 nitrogen and oxygen atoms in total. The fourth-order valence-electron chi connectivity index (χ4n) is 3.26. The molecule has 2 aromatic rings. The topological polar surface area (TPSA) is 89.4 Å². The van der Waals surface area contributed by atoms with Crippen LogP contribution in [0.2, 0.25) is 5.02 Å². The molecule has 24 heavy (non-hydrogen) atoms. The third-order valence-electron chi connectivity index (χ3n) is 4.83. The standard InChI is InChI=1S/C17H16ClN3O3/c1-8(9-2-3-9)21-7-11-4-10(5-12(18)15(11)17(21)23)14-6-13(16(19)22)20-24-14/h4-6,8-9H,2-3,7H2,1H3,(H2,19,22)/t8-/m0/s1. The summed E-state index contributed by atoms with van der Waals surface area (Å²) in [6.45, 7) is 2.63. The lowest BCUT2D eigenvalue weighted by Crippen LogP contribution is -2.34. The number of hydrogen-bond acceptors (Lipinski definition) is 4. The van der Waals surface area contributed by atoms with Crippen molar-refractivity contribution in [1.29, 1.82) is 0 Å². The van der Waals surface area contributed by atoms with Gasteiger partial charge in [0.05, 0.1) is 10.6 Å². The molecule has 4 rings (SSSR count). The Kier molecular flexibility index (Phi) is 3.38. The van der Waals surface area contributed by atoms with Gasteiger partial charge in [0.15, 0.2) is 11.5 Å². The van der Waals surface area contributed by atoms with Crippen molar-refractivity contribution >= 4 is 23.4 Å². The van der Waals surface area contributed by atoms with Crippen molar-refractivity contribution in [3.8, 4) is 11.3 Å². The first-order chi connectivity index (χ1) is 11.5. The number of nitrogens with two attached hydrogens (primary N) is 1. The number of aromatic nitrogens is 1. The number of carbonyl (C=O) groups excluding carboxylic acids is 2. The summed E-state index contributed by atoms with van der Waals surface area (Å²) in [7, 11) is 0. The smallest absolute Gasteiger partial charge is 0.270 e. The molecule has 7 heteroatoms. The van der Waals surface area contributed by atoms with E-state index >= 15 is 0 Å². The van der Waals surface area contributed by atoms with E-state index in [9.17, 15) is 9.59 Å². The van der Waals surface area contributed by atoms with Crippen molar-refractivity contribution in [1.82, 2.24) is 10.1 Å². The molecule has 2 heterocycles. The largest absolute Gasteiger partial charge is 0.364 e. The first-order valence-corrected chi connectivity index (χ1v) is 8.23. The van der Waals surface area contributed by atoms with Crippen LogP contribution in [0.15, 0.2) is 22.7 Å². The highest BCUT2D eigenvalue weighted by Crippen LogP contribution is 2.40. The number of rotatable bonds is 4. The monoisotopic (exact) mass is 345 g/mol. The van der Waals surface area contributed by atoms with Gasteiger partial charge in [0.1, 0.15) is 0 Å². The molecule has 2 aliphatic rings. The predicted molar refractivity (Wildman–Crippen MR) is 87.5 cm³/mol. The van der Waals surface area contributed by atoms with Crippen LogP contribution in [-0.4, -0.2) is 27.9 Å². The van der Waals surface area contributed by atoms with Gasteiger partial charge in [-0.15, -0.1) is 0 Å². The number of hydrogen-bond donors (Lipinski definition) is 1. The van der Waals surface area contributed by atoms with Gasteiger partial charge in [-0.2, -0.15) is 0 Å². The van der Waals surface area contributed by atoms with Crippen molar-refractivity contribution in [3.63, 3.8) is 0 Å². The zero-order valence-corrected chi connectivity index (χ0v) is 13.8. The molecule has 124 valence electrons. The minimum absolute atomic E-state index is 0.0173. The summed E-state index contributed by atoms with van der Waals surface area (Å²) in [6.07, 6.45) is 2.35. The van der Waals surface area contributed by atoms with Crippen LogP contribution < -0.4 is 5.73 Å². The molecule has 1 saturated carbocycles. The quantitative estimate of drug-likeness (QED) is 0.922. The molecule has 1 aliphatic heterocycles. The molecule has 1 aromatic carbocycles. The van der Waals surface area contributed by atoms with Gasteiger partial charge in [0, 0.05) is 24.2 Å². The summed E-state index contributed by atoms with van der Waals surface area (Å²) in [5.74, 6) is 0.316. The first kappa shape index (κ1) is 15.2. The van der Waals surface area contributed by atoms with Crippen molar-refractivity contribution in [2.75, 3.05) is 0 Å². The molecule has 1 fully saturated rings. The van der Waals surface area contributed by atoms with E-state index in [1.165, 1.54) is 18.9 Å². The van der Waals surface area contributed by atoms with Crippen molar-refractivity contribution in [2.45, 2.75) is 32.4 Å². The number of halogens is 1. The average molecular weight is 346 g/mol. The Labute approximate surface area is 143 Å². The van der Waals surface area contributed by atoms with Crippen LogP contribution >= 0.6 is 11.6 Å². The predicted octanol–water partition coefficient (Wildman–Crippen LogP) is 2.85. The summed E-state index contributed by atoms with van der Waals surface area (Å²) in [4.78, 5) is 25.7. The van der Waals surface area contributed by atoms with E-state index in [0.717, 1.165) is 5.56 Å². The molecule has 0 spiro atoms. The van der Waals surface area contributed by atoms with Gasteiger partial charge >= 0.3 is 0 Å². The third-order valence-corrected chi connectivity index (χ3v) is 5.13. The van der Waals surface area contributed by atoms with E-state index in [0.29, 0.717) is 34.4 Å². The fraction of sp³-hybridized carbons (Fsp3) is 0.353. The van der Waals surface area contributed by atoms with Crippen LogP contribution in [0.25, 0.3) is 11.3 Å². The summed E-state index contributed by atoms with van der Waals surface area (Å²) in [5, 5.41) is 4.02. The van der Waals surface area contributed by atoms with Crippen molar-refractivity contribution < 1.29 is 14.1 Å². The number of fused-ring (bicyclic) bond motifs is 1. The van der Waals surface area contributed by atoms with E-state index in [4.69, 9.17) is 21.9 Å². The van der Waals surface area contributed by atoms with Gasteiger partial charge in [-0.05, 0) is 43.4 Å². The maximum Gasteiger partial charge on any atom is 0.270 e. The highest BCUT2D eigenvalue weighted by Gasteiger charge is 2.39. The van der Waals surface area contributed by atoms with Crippen LogP contribution in [0.5, 0.6) is 0 Å². The highest BCUT2D eigenvalue weighted by atomic mass is 35.5. The number of nitrogens with zero attached hydrogens (tertiary/aromatic N) is 2. The molecule has 0 radical (unpaired) electrons. The summed E-state index contributed by atoms with van der Waals surface area (Å²) in [6, 6.07) is 5.22. The third kappa shape index (κ3) is 2.38. The molecule has 1 atom stereocenters. The van der Waals surface area contributed by atoms with Crippen molar-refractivity contribution in [2.24, 2.45) is 11.7 Å². The van der Waals surface area contributed by atoms with E-state index < -0.39 is 5.91 Å². The van der Waals surface area contributed by atoms with Crippen LogP contribution in [0.1, 0.15) is 46.2 Å². The molecular formula is C17H16ClN3O3. The molecule has 1 aromatic heterocycles. The van der Waals surface area contributed by atoms with Gasteiger partial charge in [0.2, 0.25) is 0 Å². The number of carbonyl (C=O) groups is 2. The lowest BCUT2D eigenvalue weighted by atomic mass is 10.0. The highest BCUT2D eigenvalue weighted by molar-refractivity contribution is 6.34. The van der Waals surface area contributed by atoms with Crippen LogP contribution in [0.4, 0.5) is 0 Å². The maximum absolute atomic E-state index is 12.7. The minimum Gasteiger partial charge on any atom is -0.364 e. The second kappa shape index (κ2) is 5.34. The van der Waals surface area contributed by atoms with Gasteiger partial charge in [-0.25, -0.2) is 0 Å². The SMILES string of the molecule is C[C@@H](C1CC1)N1Cc2cc(-c3cc(C(N)=O)no3)cc(Cl)c2C1=O. The maximum atomic E-state index is 12.7. The number of primary amides is 1. The Morgan fingerprint density at radius 1 is 1.42 bits per heavy atom. The van der Waals surface area contributed by atoms with Crippen LogP contribution in [0.3, 0.4) is 0 Å². The summed E-state index contributed by atoms with van der Waals surface area (Å²) >= 11 is 6.35. The molecule has 2 N–H and O–H groups in total. The Bertz CT molecular complexity index is 857. The zero-order valence-electron chi connectivity index (χ0n) is 13.1. The molecule has 2 amide bonds. The Hall–Kier alpha value is -2.34. The normalized spacial score (nSPS) is 17.9. The second-order valence-corrected chi connectivity index (χ2v) is 6.85. The van der Waals surface area contributed by atoms with Crippen molar-refractivity contribution in [3.05, 3.63) is 40.0 Å². The summed E-state index contributed by atoms with van der Waals surface area (Å²) in [5.41, 5.74) is 7.35. The van der Waals surface area contributed by atoms with Gasteiger partial charge < -0.3 is 15.2 Å². The van der Waals surface area contributed by atoms with Gasteiger partial charge in [-0.1, -0.05) is 16.8 Å². The number of amides is 2. The molecule has 0 saturated heterocycles. The Balaban J connectivity index is 1.70. The Morgan fingerprint density at radius 3 is 2.79 bits per heavy atom. The first-order valence-electron chi connectivity index (χ1n) is 7.86. The van der Waals surface area contributed by atoms with Crippen LogP contribution in [0, 0.1) is 5.92 Å². The molecular weight excluding hydrogens is 330 g/mol. The molecule has 0 bridgehead atoms. The van der Waals surface area contributed by atoms with Crippen LogP contribution in [-0.2, 0) is 6.54 Å². The average Bonchev–Trinajstić information content (AvgIpc) is 3.16. The minimum atomic E-state index is -0.656. The van der Waals surface area contributed by atoms with E-state index in [1.807, 2.05) is 11.0 Å². The molecule has 1 aliphatic carbocycles.